The molecule has 0 aliphatic heterocycles. The van der Waals surface area contributed by atoms with Gasteiger partial charge in [-0.15, -0.1) is 0 Å². The molecule has 29 heavy (non-hydrogen) atoms. The van der Waals surface area contributed by atoms with Crippen molar-refractivity contribution in [3.63, 3.8) is 0 Å². The van der Waals surface area contributed by atoms with E-state index >= 15 is 0 Å². The zero-order valence-corrected chi connectivity index (χ0v) is 17.2. The number of pyridine rings is 1. The van der Waals surface area contributed by atoms with Crippen LogP contribution in [0.15, 0.2) is 36.7 Å². The van der Waals surface area contributed by atoms with Gasteiger partial charge in [-0.2, -0.15) is 5.10 Å². The number of nitrogens with zero attached hydrogens (tertiary/aromatic N) is 4. The van der Waals surface area contributed by atoms with E-state index < -0.39 is 5.82 Å². The Bertz CT molecular complexity index is 1040. The molecule has 1 saturated carbocycles. The summed E-state index contributed by atoms with van der Waals surface area (Å²) in [4.78, 5) is 19.0. The van der Waals surface area contributed by atoms with Gasteiger partial charge < -0.3 is 4.90 Å². The first-order valence-electron chi connectivity index (χ1n) is 10.4. The molecule has 2 aromatic heterocycles. The lowest BCUT2D eigenvalue weighted by molar-refractivity contribution is 0.0754. The van der Waals surface area contributed by atoms with Crippen molar-refractivity contribution >= 4 is 16.8 Å². The molecule has 3 aromatic rings. The predicted octanol–water partition coefficient (Wildman–Crippen LogP) is 5.09. The molecule has 0 radical (unpaired) electrons. The summed E-state index contributed by atoms with van der Waals surface area (Å²) in [7, 11) is 1.73. The summed E-state index contributed by atoms with van der Waals surface area (Å²) in [6, 6.07) is 6.33. The van der Waals surface area contributed by atoms with E-state index in [2.05, 4.69) is 4.98 Å². The molecule has 0 N–H and O–H groups in total. The van der Waals surface area contributed by atoms with Crippen molar-refractivity contribution in [2.45, 2.75) is 57.9 Å². The minimum Gasteiger partial charge on any atom is -0.339 e. The van der Waals surface area contributed by atoms with Gasteiger partial charge in [-0.3, -0.25) is 9.78 Å². The first-order chi connectivity index (χ1) is 14.0. The van der Waals surface area contributed by atoms with E-state index in [1.54, 1.807) is 35.1 Å². The molecule has 1 aliphatic rings. The first-order valence-corrected chi connectivity index (χ1v) is 10.4. The Balaban J connectivity index is 1.88. The van der Waals surface area contributed by atoms with Crippen molar-refractivity contribution in [3.8, 4) is 5.69 Å². The maximum atomic E-state index is 14.1. The molecule has 0 atom stereocenters. The number of amides is 1. The van der Waals surface area contributed by atoms with Gasteiger partial charge in [-0.1, -0.05) is 19.3 Å². The summed E-state index contributed by atoms with van der Waals surface area (Å²) in [5.74, 6) is -0.245. The fourth-order valence-corrected chi connectivity index (χ4v) is 4.14. The van der Waals surface area contributed by atoms with Gasteiger partial charge in [0.15, 0.2) is 0 Å². The fraction of sp³-hybridized carbons (Fsp3) is 0.435. The molecular formula is C23H27FN4O. The summed E-state index contributed by atoms with van der Waals surface area (Å²) in [5, 5.41) is 6.01. The van der Waals surface area contributed by atoms with Crippen LogP contribution in [0.1, 0.15) is 67.9 Å². The fourth-order valence-electron chi connectivity index (χ4n) is 4.14. The van der Waals surface area contributed by atoms with Crippen LogP contribution in [0.4, 0.5) is 4.39 Å². The number of aromatic nitrogens is 3. The maximum absolute atomic E-state index is 14.1. The minimum atomic E-state index is -0.434. The third-order valence-corrected chi connectivity index (χ3v) is 6.02. The van der Waals surface area contributed by atoms with Crippen molar-refractivity contribution in [2.24, 2.45) is 0 Å². The van der Waals surface area contributed by atoms with Crippen LogP contribution in [-0.2, 0) is 0 Å². The first kappa shape index (κ1) is 19.6. The zero-order valence-electron chi connectivity index (χ0n) is 17.2. The maximum Gasteiger partial charge on any atom is 0.256 e. The van der Waals surface area contributed by atoms with Gasteiger partial charge in [0.1, 0.15) is 5.82 Å². The van der Waals surface area contributed by atoms with Gasteiger partial charge in [0, 0.05) is 30.6 Å². The molecule has 6 heteroatoms. The molecule has 0 spiro atoms. The van der Waals surface area contributed by atoms with E-state index in [9.17, 15) is 9.18 Å². The smallest absolute Gasteiger partial charge is 0.256 e. The molecule has 1 fully saturated rings. The highest BCUT2D eigenvalue weighted by Crippen LogP contribution is 2.36. The van der Waals surface area contributed by atoms with Crippen LogP contribution in [0.5, 0.6) is 0 Å². The van der Waals surface area contributed by atoms with Crippen LogP contribution >= 0.6 is 0 Å². The van der Waals surface area contributed by atoms with Crippen LogP contribution in [0, 0.1) is 5.82 Å². The Morgan fingerprint density at radius 2 is 1.97 bits per heavy atom. The van der Waals surface area contributed by atoms with E-state index in [0.717, 1.165) is 29.4 Å². The normalized spacial score (nSPS) is 15.2. The van der Waals surface area contributed by atoms with E-state index in [-0.39, 0.29) is 11.9 Å². The number of rotatable bonds is 4. The van der Waals surface area contributed by atoms with Crippen molar-refractivity contribution in [1.82, 2.24) is 19.7 Å². The van der Waals surface area contributed by atoms with Gasteiger partial charge in [0.2, 0.25) is 0 Å². The molecule has 1 aromatic carbocycles. The van der Waals surface area contributed by atoms with Crippen molar-refractivity contribution in [1.29, 1.82) is 0 Å². The summed E-state index contributed by atoms with van der Waals surface area (Å²) >= 11 is 0. The van der Waals surface area contributed by atoms with Crippen LogP contribution in [0.3, 0.4) is 0 Å². The van der Waals surface area contributed by atoms with Gasteiger partial charge in [-0.05, 0) is 51.0 Å². The van der Waals surface area contributed by atoms with Gasteiger partial charge in [-0.25, -0.2) is 9.07 Å². The molecule has 2 heterocycles. The SMILES string of the molecule is CC(C)N(C)C(=O)c1cc(F)ccc1-n1nc(C2CCCCC2)c2ccncc21. The second-order valence-corrected chi connectivity index (χ2v) is 8.20. The van der Waals surface area contributed by atoms with Crippen LogP contribution in [0.25, 0.3) is 16.6 Å². The molecule has 0 unspecified atom stereocenters. The largest absolute Gasteiger partial charge is 0.339 e. The number of fused-ring (bicyclic) bond motifs is 1. The Hall–Kier alpha value is -2.76. The van der Waals surface area contributed by atoms with E-state index in [0.29, 0.717) is 17.2 Å². The molecular weight excluding hydrogens is 367 g/mol. The molecule has 0 saturated heterocycles. The van der Waals surface area contributed by atoms with Gasteiger partial charge in [0.25, 0.3) is 5.91 Å². The van der Waals surface area contributed by atoms with Gasteiger partial charge >= 0.3 is 0 Å². The summed E-state index contributed by atoms with van der Waals surface area (Å²) in [6.45, 7) is 3.87. The Labute approximate surface area is 170 Å². The average Bonchev–Trinajstić information content (AvgIpc) is 3.13. The monoisotopic (exact) mass is 394 g/mol. The van der Waals surface area contributed by atoms with E-state index in [1.165, 1.54) is 31.4 Å². The highest BCUT2D eigenvalue weighted by atomic mass is 19.1. The zero-order chi connectivity index (χ0) is 20.5. The molecule has 5 nitrogen and oxygen atoms in total. The van der Waals surface area contributed by atoms with Crippen molar-refractivity contribution < 1.29 is 9.18 Å². The van der Waals surface area contributed by atoms with Gasteiger partial charge in [0.05, 0.1) is 28.7 Å². The minimum absolute atomic E-state index is 0.00690. The standard InChI is InChI=1S/C23H27FN4O/c1-15(2)27(3)23(29)19-13-17(24)9-10-20(19)28-21-14-25-12-11-18(21)22(26-28)16-7-5-4-6-8-16/h9-16H,4-8H2,1-3H3. The lowest BCUT2D eigenvalue weighted by Crippen LogP contribution is -2.33. The average molecular weight is 394 g/mol. The summed E-state index contributed by atoms with van der Waals surface area (Å²) < 4.78 is 15.9. The third kappa shape index (κ3) is 3.63. The molecule has 1 amide bonds. The van der Waals surface area contributed by atoms with Crippen LogP contribution < -0.4 is 0 Å². The lowest BCUT2D eigenvalue weighted by atomic mass is 9.86. The van der Waals surface area contributed by atoms with Crippen LogP contribution in [-0.4, -0.2) is 38.7 Å². The van der Waals surface area contributed by atoms with Crippen molar-refractivity contribution in [3.05, 3.63) is 53.7 Å². The number of hydrogen-bond donors (Lipinski definition) is 0. The Morgan fingerprint density at radius 3 is 2.69 bits per heavy atom. The predicted molar refractivity (Wildman–Crippen MR) is 112 cm³/mol. The van der Waals surface area contributed by atoms with Crippen LogP contribution in [0.2, 0.25) is 0 Å². The third-order valence-electron chi connectivity index (χ3n) is 6.02. The van der Waals surface area contributed by atoms with Crippen molar-refractivity contribution in [2.75, 3.05) is 7.05 Å². The quantitative estimate of drug-likeness (QED) is 0.619. The number of benzene rings is 1. The molecule has 4 rings (SSSR count). The molecule has 152 valence electrons. The summed E-state index contributed by atoms with van der Waals surface area (Å²) in [5.41, 5.74) is 2.80. The number of halogens is 1. The second kappa shape index (κ2) is 7.93. The van der Waals surface area contributed by atoms with E-state index in [4.69, 9.17) is 5.10 Å². The molecule has 1 aliphatic carbocycles. The topological polar surface area (TPSA) is 51.0 Å². The Morgan fingerprint density at radius 1 is 1.21 bits per heavy atom. The second-order valence-electron chi connectivity index (χ2n) is 8.20. The number of carbonyl (C=O) groups excluding carboxylic acids is 1. The number of carbonyl (C=O) groups is 1. The number of hydrogen-bond acceptors (Lipinski definition) is 3. The highest BCUT2D eigenvalue weighted by Gasteiger charge is 2.25. The molecule has 0 bridgehead atoms. The lowest BCUT2D eigenvalue weighted by Gasteiger charge is -2.23. The highest BCUT2D eigenvalue weighted by molar-refractivity contribution is 5.98. The Kier molecular flexibility index (Phi) is 5.35. The van der Waals surface area contributed by atoms with E-state index in [1.807, 2.05) is 19.9 Å². The summed E-state index contributed by atoms with van der Waals surface area (Å²) in [6.07, 6.45) is 9.50.